The molecule has 1 aliphatic rings. The van der Waals surface area contributed by atoms with Crippen molar-refractivity contribution in [3.63, 3.8) is 0 Å². The van der Waals surface area contributed by atoms with E-state index in [1.165, 1.54) is 0 Å². The van der Waals surface area contributed by atoms with Gasteiger partial charge in [-0.1, -0.05) is 18.2 Å². The highest BCUT2D eigenvalue weighted by atomic mass is 16.5. The Morgan fingerprint density at radius 1 is 1.14 bits per heavy atom. The smallest absolute Gasteiger partial charge is 0.270 e. The number of pyridine rings is 1. The number of aromatic nitrogens is 1. The molecule has 0 bridgehead atoms. The van der Waals surface area contributed by atoms with Crippen LogP contribution < -0.4 is 10.6 Å². The molecule has 7 nitrogen and oxygen atoms in total. The molecule has 1 fully saturated rings. The maximum absolute atomic E-state index is 12.6. The van der Waals surface area contributed by atoms with Gasteiger partial charge in [-0.3, -0.25) is 9.69 Å². The van der Waals surface area contributed by atoms with Gasteiger partial charge in [-0.25, -0.2) is 4.98 Å². The van der Waals surface area contributed by atoms with Crippen molar-refractivity contribution in [1.82, 2.24) is 15.2 Å². The van der Waals surface area contributed by atoms with Crippen LogP contribution in [0.25, 0.3) is 11.0 Å². The molecule has 0 spiro atoms. The van der Waals surface area contributed by atoms with Crippen LogP contribution in [0.15, 0.2) is 53.1 Å². The topological polar surface area (TPSA) is 79.6 Å². The van der Waals surface area contributed by atoms with Gasteiger partial charge in [0.25, 0.3) is 5.91 Å². The van der Waals surface area contributed by atoms with Crippen molar-refractivity contribution in [3.05, 3.63) is 54.4 Å². The number of morpholine rings is 1. The van der Waals surface area contributed by atoms with Crippen LogP contribution in [0.4, 0.5) is 11.5 Å². The molecule has 146 valence electrons. The number of hydrogen-bond donors (Lipinski definition) is 2. The Bertz CT molecular complexity index is 920. The number of nitrogens with zero attached hydrogens (tertiary/aromatic N) is 2. The number of para-hydroxylation sites is 1. The Morgan fingerprint density at radius 2 is 1.96 bits per heavy atom. The second-order valence-electron chi connectivity index (χ2n) is 6.74. The lowest BCUT2D eigenvalue weighted by Crippen LogP contribution is -2.38. The van der Waals surface area contributed by atoms with Gasteiger partial charge < -0.3 is 19.8 Å². The van der Waals surface area contributed by atoms with E-state index < -0.39 is 0 Å². The molecule has 3 heterocycles. The molecule has 3 aromatic rings. The van der Waals surface area contributed by atoms with Gasteiger partial charge in [-0.2, -0.15) is 0 Å². The number of fused-ring (bicyclic) bond motifs is 1. The van der Waals surface area contributed by atoms with Gasteiger partial charge in [0.1, 0.15) is 17.1 Å². The fourth-order valence-electron chi connectivity index (χ4n) is 3.26. The van der Waals surface area contributed by atoms with Gasteiger partial charge in [0.15, 0.2) is 0 Å². The van der Waals surface area contributed by atoms with E-state index in [2.05, 4.69) is 20.5 Å². The molecule has 2 N–H and O–H groups in total. The number of amides is 1. The first-order valence-corrected chi connectivity index (χ1v) is 9.58. The lowest BCUT2D eigenvalue weighted by atomic mass is 10.2. The van der Waals surface area contributed by atoms with Gasteiger partial charge in [-0.15, -0.1) is 0 Å². The Hall–Kier alpha value is -2.90. The van der Waals surface area contributed by atoms with Crippen molar-refractivity contribution in [2.24, 2.45) is 0 Å². The van der Waals surface area contributed by atoms with E-state index in [1.54, 1.807) is 12.3 Å². The highest BCUT2D eigenvalue weighted by Gasteiger charge is 2.15. The number of anilines is 2. The predicted octanol–water partition coefficient (Wildman–Crippen LogP) is 3.02. The number of carbonyl (C=O) groups excluding carboxylic acids is 1. The van der Waals surface area contributed by atoms with E-state index in [0.29, 0.717) is 23.6 Å². The molecule has 0 radical (unpaired) electrons. The zero-order valence-electron chi connectivity index (χ0n) is 15.7. The Kier molecular flexibility index (Phi) is 5.84. The molecule has 4 rings (SSSR count). The molecule has 0 saturated carbocycles. The van der Waals surface area contributed by atoms with E-state index in [1.807, 2.05) is 36.4 Å². The SMILES string of the molecule is O=C(NCCCN1CCOCC1)c1cc2occc2c(Nc2ccccc2)n1. The molecule has 1 amide bonds. The van der Waals surface area contributed by atoms with Crippen LogP contribution in [0.5, 0.6) is 0 Å². The van der Waals surface area contributed by atoms with Crippen LogP contribution in [0, 0.1) is 0 Å². The zero-order chi connectivity index (χ0) is 19.2. The molecule has 2 aromatic heterocycles. The van der Waals surface area contributed by atoms with Gasteiger partial charge in [-0.05, 0) is 31.2 Å². The predicted molar refractivity (Wildman–Crippen MR) is 108 cm³/mol. The van der Waals surface area contributed by atoms with E-state index >= 15 is 0 Å². The van der Waals surface area contributed by atoms with E-state index in [0.717, 1.165) is 50.3 Å². The second-order valence-corrected chi connectivity index (χ2v) is 6.74. The molecule has 1 saturated heterocycles. The standard InChI is InChI=1S/C21H24N4O3/c26-21(22-8-4-9-25-10-13-27-14-11-25)18-15-19-17(7-12-28-19)20(24-18)23-16-5-2-1-3-6-16/h1-3,5-7,12,15H,4,8-11,13-14H2,(H,22,26)(H,23,24). The van der Waals surface area contributed by atoms with Crippen LogP contribution in [0.2, 0.25) is 0 Å². The monoisotopic (exact) mass is 380 g/mol. The van der Waals surface area contributed by atoms with Crippen molar-refractivity contribution in [2.45, 2.75) is 6.42 Å². The number of hydrogen-bond acceptors (Lipinski definition) is 6. The van der Waals surface area contributed by atoms with Crippen molar-refractivity contribution in [1.29, 1.82) is 0 Å². The molecule has 0 atom stereocenters. The minimum Gasteiger partial charge on any atom is -0.464 e. The van der Waals surface area contributed by atoms with Crippen molar-refractivity contribution in [2.75, 3.05) is 44.7 Å². The average Bonchev–Trinajstić information content (AvgIpc) is 3.22. The number of carbonyl (C=O) groups is 1. The fraction of sp³-hybridized carbons (Fsp3) is 0.333. The molecule has 0 aliphatic carbocycles. The zero-order valence-corrected chi connectivity index (χ0v) is 15.7. The van der Waals surface area contributed by atoms with Crippen molar-refractivity contribution >= 4 is 28.4 Å². The molecule has 28 heavy (non-hydrogen) atoms. The Morgan fingerprint density at radius 3 is 2.79 bits per heavy atom. The highest BCUT2D eigenvalue weighted by Crippen LogP contribution is 2.26. The van der Waals surface area contributed by atoms with Gasteiger partial charge in [0.05, 0.1) is 24.9 Å². The van der Waals surface area contributed by atoms with Crippen LogP contribution in [-0.2, 0) is 4.74 Å². The first-order chi connectivity index (χ1) is 13.8. The molecule has 0 unspecified atom stereocenters. The van der Waals surface area contributed by atoms with Crippen LogP contribution in [0.3, 0.4) is 0 Å². The minimum atomic E-state index is -0.198. The molecule has 1 aromatic carbocycles. The van der Waals surface area contributed by atoms with Gasteiger partial charge >= 0.3 is 0 Å². The first kappa shape index (κ1) is 18.5. The second kappa shape index (κ2) is 8.86. The number of rotatable bonds is 7. The van der Waals surface area contributed by atoms with Crippen LogP contribution >= 0.6 is 0 Å². The summed E-state index contributed by atoms with van der Waals surface area (Å²) in [4.78, 5) is 19.5. The summed E-state index contributed by atoms with van der Waals surface area (Å²) in [5, 5.41) is 7.07. The lowest BCUT2D eigenvalue weighted by Gasteiger charge is -2.26. The number of nitrogens with one attached hydrogen (secondary N) is 2. The van der Waals surface area contributed by atoms with Gasteiger partial charge in [0, 0.05) is 31.4 Å². The highest BCUT2D eigenvalue weighted by molar-refractivity contribution is 5.99. The first-order valence-electron chi connectivity index (χ1n) is 9.58. The molecular formula is C21H24N4O3. The van der Waals surface area contributed by atoms with Gasteiger partial charge in [0.2, 0.25) is 0 Å². The summed E-state index contributed by atoms with van der Waals surface area (Å²) in [7, 11) is 0. The Labute approximate surface area is 163 Å². The fourth-order valence-corrected chi connectivity index (χ4v) is 3.26. The van der Waals surface area contributed by atoms with E-state index in [9.17, 15) is 4.79 Å². The average molecular weight is 380 g/mol. The van der Waals surface area contributed by atoms with Crippen LogP contribution in [-0.4, -0.2) is 55.2 Å². The van der Waals surface area contributed by atoms with Crippen molar-refractivity contribution in [3.8, 4) is 0 Å². The normalized spacial score (nSPS) is 14.9. The summed E-state index contributed by atoms with van der Waals surface area (Å²) in [5.74, 6) is 0.410. The van der Waals surface area contributed by atoms with Crippen LogP contribution in [0.1, 0.15) is 16.9 Å². The Balaban J connectivity index is 1.40. The van der Waals surface area contributed by atoms with E-state index in [4.69, 9.17) is 9.15 Å². The third-order valence-electron chi connectivity index (χ3n) is 4.76. The summed E-state index contributed by atoms with van der Waals surface area (Å²) >= 11 is 0. The van der Waals surface area contributed by atoms with E-state index in [-0.39, 0.29) is 5.91 Å². The molecule has 7 heteroatoms. The summed E-state index contributed by atoms with van der Waals surface area (Å²) in [5.41, 5.74) is 1.87. The molecule has 1 aliphatic heterocycles. The maximum Gasteiger partial charge on any atom is 0.270 e. The number of furan rings is 1. The lowest BCUT2D eigenvalue weighted by molar-refractivity contribution is 0.0374. The quantitative estimate of drug-likeness (QED) is 0.614. The maximum atomic E-state index is 12.6. The summed E-state index contributed by atoms with van der Waals surface area (Å²) in [6, 6.07) is 13.3. The number of ether oxygens (including phenoxy) is 1. The third-order valence-corrected chi connectivity index (χ3v) is 4.76. The summed E-state index contributed by atoms with van der Waals surface area (Å²) < 4.78 is 10.9. The summed E-state index contributed by atoms with van der Waals surface area (Å²) in [6.07, 6.45) is 2.50. The number of benzene rings is 1. The molecular weight excluding hydrogens is 356 g/mol. The van der Waals surface area contributed by atoms with Crippen molar-refractivity contribution < 1.29 is 13.9 Å². The minimum absolute atomic E-state index is 0.198. The summed E-state index contributed by atoms with van der Waals surface area (Å²) in [6.45, 7) is 5.05. The third kappa shape index (κ3) is 4.49. The largest absolute Gasteiger partial charge is 0.464 e.